The van der Waals surface area contributed by atoms with Crippen molar-refractivity contribution in [3.63, 3.8) is 0 Å². The average molecular weight is 480 g/mol. The third-order valence-corrected chi connectivity index (χ3v) is 7.98. The summed E-state index contributed by atoms with van der Waals surface area (Å²) in [7, 11) is -1.68. The molecule has 34 heavy (non-hydrogen) atoms. The number of fused-ring (bicyclic) bond motifs is 1. The molecule has 9 nitrogen and oxygen atoms in total. The van der Waals surface area contributed by atoms with E-state index >= 15 is 0 Å². The Hall–Kier alpha value is -3.50. The first-order valence-corrected chi connectivity index (χ1v) is 12.5. The zero-order chi connectivity index (χ0) is 23.9. The Kier molecular flexibility index (Phi) is 5.70. The number of benzene rings is 1. The van der Waals surface area contributed by atoms with Crippen LogP contribution in [0.3, 0.4) is 0 Å². The maximum atomic E-state index is 13.2. The van der Waals surface area contributed by atoms with Crippen LogP contribution in [0.1, 0.15) is 34.5 Å². The number of aromatic nitrogens is 3. The van der Waals surface area contributed by atoms with E-state index in [1.807, 2.05) is 6.92 Å². The predicted octanol–water partition coefficient (Wildman–Crippen LogP) is 3.25. The highest BCUT2D eigenvalue weighted by molar-refractivity contribution is 7.89. The Balaban J connectivity index is 1.38. The molecule has 1 aromatic carbocycles. The Morgan fingerprint density at radius 1 is 1.15 bits per heavy atom. The lowest BCUT2D eigenvalue weighted by molar-refractivity contribution is 0.0952. The van der Waals surface area contributed by atoms with E-state index in [-0.39, 0.29) is 17.3 Å². The molecule has 0 radical (unpaired) electrons. The second-order valence-corrected chi connectivity index (χ2v) is 10.3. The molecule has 0 bridgehead atoms. The molecular weight excluding hydrogens is 454 g/mol. The minimum Gasteiger partial charge on any atom is -0.463 e. The number of sulfonamides is 1. The van der Waals surface area contributed by atoms with Gasteiger partial charge in [-0.25, -0.2) is 13.4 Å². The van der Waals surface area contributed by atoms with E-state index in [1.165, 1.54) is 4.31 Å². The van der Waals surface area contributed by atoms with Crippen LogP contribution in [0.25, 0.3) is 22.5 Å². The lowest BCUT2D eigenvalue weighted by Gasteiger charge is -2.15. The van der Waals surface area contributed by atoms with Gasteiger partial charge in [0.1, 0.15) is 5.69 Å². The molecule has 0 spiro atoms. The highest BCUT2D eigenvalue weighted by Crippen LogP contribution is 2.27. The van der Waals surface area contributed by atoms with Crippen molar-refractivity contribution >= 4 is 27.0 Å². The Morgan fingerprint density at radius 2 is 1.88 bits per heavy atom. The van der Waals surface area contributed by atoms with E-state index in [9.17, 15) is 13.2 Å². The third kappa shape index (κ3) is 3.99. The van der Waals surface area contributed by atoms with Crippen LogP contribution in [0.5, 0.6) is 0 Å². The molecule has 10 heteroatoms. The second-order valence-electron chi connectivity index (χ2n) is 8.38. The smallest absolute Gasteiger partial charge is 0.252 e. The Bertz CT molecular complexity index is 1450. The molecule has 4 aromatic rings. The summed E-state index contributed by atoms with van der Waals surface area (Å²) in [6.45, 7) is 3.22. The fraction of sp³-hybridized carbons (Fsp3) is 0.292. The minimum absolute atomic E-state index is 0.252. The van der Waals surface area contributed by atoms with Gasteiger partial charge in [0.2, 0.25) is 10.0 Å². The van der Waals surface area contributed by atoms with Gasteiger partial charge in [-0.1, -0.05) is 12.1 Å². The van der Waals surface area contributed by atoms with E-state index in [1.54, 1.807) is 60.5 Å². The van der Waals surface area contributed by atoms with Crippen LogP contribution in [0, 0.1) is 6.92 Å². The number of carbonyl (C=O) groups excluding carboxylic acids is 1. The van der Waals surface area contributed by atoms with E-state index in [0.717, 1.165) is 18.4 Å². The van der Waals surface area contributed by atoms with Crippen LogP contribution >= 0.6 is 0 Å². The van der Waals surface area contributed by atoms with Crippen molar-refractivity contribution in [2.24, 2.45) is 7.05 Å². The monoisotopic (exact) mass is 479 g/mol. The maximum Gasteiger partial charge on any atom is 0.252 e. The number of amides is 1. The first kappa shape index (κ1) is 22.3. The summed E-state index contributed by atoms with van der Waals surface area (Å²) in [5.41, 5.74) is 3.09. The molecule has 1 saturated heterocycles. The zero-order valence-corrected chi connectivity index (χ0v) is 19.8. The molecule has 5 rings (SSSR count). The molecule has 1 aliphatic heterocycles. The summed E-state index contributed by atoms with van der Waals surface area (Å²) >= 11 is 0. The fourth-order valence-electron chi connectivity index (χ4n) is 4.31. The highest BCUT2D eigenvalue weighted by atomic mass is 32.2. The molecule has 0 atom stereocenters. The summed E-state index contributed by atoms with van der Waals surface area (Å²) in [6, 6.07) is 11.9. The van der Waals surface area contributed by atoms with E-state index in [0.29, 0.717) is 46.8 Å². The summed E-state index contributed by atoms with van der Waals surface area (Å²) in [6.07, 6.45) is 3.34. The molecule has 4 heterocycles. The second kappa shape index (κ2) is 8.69. The normalized spacial score (nSPS) is 14.6. The molecule has 176 valence electrons. The lowest BCUT2D eigenvalue weighted by Crippen LogP contribution is -2.28. The fourth-order valence-corrected chi connectivity index (χ4v) is 5.83. The number of nitrogens with one attached hydrogen (secondary N) is 1. The van der Waals surface area contributed by atoms with Gasteiger partial charge in [-0.2, -0.15) is 9.40 Å². The zero-order valence-electron chi connectivity index (χ0n) is 19.0. The van der Waals surface area contributed by atoms with Crippen molar-refractivity contribution in [2.75, 3.05) is 13.1 Å². The predicted molar refractivity (Wildman–Crippen MR) is 127 cm³/mol. The van der Waals surface area contributed by atoms with Crippen LogP contribution in [-0.4, -0.2) is 46.5 Å². The SMILES string of the molecule is Cc1nn(C)c2nc(-c3ccco3)cc(C(=O)NCc3ccc(S(=O)(=O)N4CCCC4)cc3)c12. The van der Waals surface area contributed by atoms with Crippen molar-refractivity contribution in [3.8, 4) is 11.5 Å². The van der Waals surface area contributed by atoms with Crippen molar-refractivity contribution in [1.82, 2.24) is 24.4 Å². The summed E-state index contributed by atoms with van der Waals surface area (Å²) in [4.78, 5) is 18.1. The standard InChI is InChI=1S/C24H25N5O4S/c1-16-22-19(14-20(21-6-5-13-33-21)26-23(22)28(2)27-16)24(30)25-15-17-7-9-18(10-8-17)34(31,32)29-11-3-4-12-29/h5-10,13-14H,3-4,11-12,15H2,1-2H3,(H,25,30). The van der Waals surface area contributed by atoms with Crippen molar-refractivity contribution in [1.29, 1.82) is 0 Å². The van der Waals surface area contributed by atoms with E-state index in [4.69, 9.17) is 4.42 Å². The number of furan rings is 1. The number of aryl methyl sites for hydroxylation is 2. The minimum atomic E-state index is -3.46. The number of pyridine rings is 1. The molecular formula is C24H25N5O4S. The lowest BCUT2D eigenvalue weighted by atomic mass is 10.1. The topological polar surface area (TPSA) is 110 Å². The van der Waals surface area contributed by atoms with Gasteiger partial charge in [-0.3, -0.25) is 9.48 Å². The number of hydrogen-bond donors (Lipinski definition) is 1. The van der Waals surface area contributed by atoms with Crippen molar-refractivity contribution in [2.45, 2.75) is 31.2 Å². The average Bonchev–Trinajstić information content (AvgIpc) is 3.60. The van der Waals surface area contributed by atoms with Crippen molar-refractivity contribution < 1.29 is 17.6 Å². The first-order chi connectivity index (χ1) is 16.3. The molecule has 0 saturated carbocycles. The largest absolute Gasteiger partial charge is 0.463 e. The van der Waals surface area contributed by atoms with Gasteiger partial charge in [-0.05, 0) is 55.7 Å². The third-order valence-electron chi connectivity index (χ3n) is 6.07. The van der Waals surface area contributed by atoms with Crippen LogP contribution in [0.2, 0.25) is 0 Å². The maximum absolute atomic E-state index is 13.2. The van der Waals surface area contributed by atoms with Gasteiger partial charge >= 0.3 is 0 Å². The van der Waals surface area contributed by atoms with Crippen molar-refractivity contribution in [3.05, 3.63) is 65.5 Å². The van der Waals surface area contributed by atoms with Gasteiger partial charge in [0, 0.05) is 26.7 Å². The highest BCUT2D eigenvalue weighted by Gasteiger charge is 2.27. The number of nitrogens with zero attached hydrogens (tertiary/aromatic N) is 4. The summed E-state index contributed by atoms with van der Waals surface area (Å²) in [5, 5.41) is 8.04. The number of carbonyl (C=O) groups is 1. The Labute approximate surface area is 197 Å². The summed E-state index contributed by atoms with van der Waals surface area (Å²) in [5.74, 6) is 0.287. The van der Waals surface area contributed by atoms with Gasteiger partial charge < -0.3 is 9.73 Å². The Morgan fingerprint density at radius 3 is 2.56 bits per heavy atom. The van der Waals surface area contributed by atoms with Crippen LogP contribution in [0.4, 0.5) is 0 Å². The quantitative estimate of drug-likeness (QED) is 0.455. The van der Waals surface area contributed by atoms with E-state index < -0.39 is 10.0 Å². The number of rotatable bonds is 6. The molecule has 1 amide bonds. The molecule has 0 aliphatic carbocycles. The van der Waals surface area contributed by atoms with Gasteiger partial charge in [-0.15, -0.1) is 0 Å². The summed E-state index contributed by atoms with van der Waals surface area (Å²) < 4.78 is 34.1. The van der Waals surface area contributed by atoms with Gasteiger partial charge in [0.15, 0.2) is 11.4 Å². The van der Waals surface area contributed by atoms with E-state index in [2.05, 4.69) is 15.4 Å². The van der Waals surface area contributed by atoms with Crippen LogP contribution < -0.4 is 5.32 Å². The molecule has 0 unspecified atom stereocenters. The molecule has 1 aliphatic rings. The van der Waals surface area contributed by atoms with Crippen LogP contribution in [0.15, 0.2) is 58.0 Å². The van der Waals surface area contributed by atoms with Gasteiger partial charge in [0.25, 0.3) is 5.91 Å². The number of hydrogen-bond acceptors (Lipinski definition) is 6. The van der Waals surface area contributed by atoms with Gasteiger partial charge in [0.05, 0.1) is 27.8 Å². The molecule has 3 aromatic heterocycles. The molecule has 1 fully saturated rings. The molecule has 1 N–H and O–H groups in total. The van der Waals surface area contributed by atoms with Crippen LogP contribution in [-0.2, 0) is 23.6 Å². The first-order valence-electron chi connectivity index (χ1n) is 11.1.